The van der Waals surface area contributed by atoms with Crippen LogP contribution < -0.4 is 0 Å². The minimum Gasteiger partial charge on any atom is -0.465 e. The Morgan fingerprint density at radius 2 is 2.46 bits per heavy atom. The molecule has 1 rings (SSSR count). The van der Waals surface area contributed by atoms with Crippen molar-refractivity contribution >= 4 is 17.3 Å². The highest BCUT2D eigenvalue weighted by atomic mass is 32.1. The zero-order chi connectivity index (χ0) is 9.68. The van der Waals surface area contributed by atoms with Crippen molar-refractivity contribution in [1.82, 2.24) is 0 Å². The predicted molar refractivity (Wildman–Crippen MR) is 51.1 cm³/mol. The Morgan fingerprint density at radius 3 is 3.08 bits per heavy atom. The summed E-state index contributed by atoms with van der Waals surface area (Å²) in [5, 5.41) is 10.4. The molecule has 13 heavy (non-hydrogen) atoms. The lowest BCUT2D eigenvalue weighted by atomic mass is 10.2. The molecule has 4 heteroatoms. The summed E-state index contributed by atoms with van der Waals surface area (Å²) in [5.41, 5.74) is 0.598. The van der Waals surface area contributed by atoms with E-state index in [1.54, 1.807) is 5.38 Å². The number of methoxy groups -OCH3 is 1. The molecule has 0 spiro atoms. The average Bonchev–Trinajstić information content (AvgIpc) is 2.62. The van der Waals surface area contributed by atoms with Crippen LogP contribution in [0.1, 0.15) is 21.7 Å². The van der Waals surface area contributed by atoms with Crippen LogP contribution in [0.15, 0.2) is 11.4 Å². The van der Waals surface area contributed by atoms with Crippen LogP contribution in [-0.2, 0) is 11.2 Å². The number of thiophene rings is 1. The normalized spacial score (nSPS) is 10.0. The minimum absolute atomic E-state index is 0.186. The Morgan fingerprint density at radius 1 is 1.69 bits per heavy atom. The van der Waals surface area contributed by atoms with Crippen LogP contribution in [0.2, 0.25) is 0 Å². The number of aryl methyl sites for hydroxylation is 1. The van der Waals surface area contributed by atoms with Crippen LogP contribution in [0.25, 0.3) is 0 Å². The number of esters is 1. The van der Waals surface area contributed by atoms with Crippen LogP contribution in [0.5, 0.6) is 0 Å². The molecule has 3 nitrogen and oxygen atoms in total. The summed E-state index contributed by atoms with van der Waals surface area (Å²) < 4.78 is 4.57. The van der Waals surface area contributed by atoms with Crippen molar-refractivity contribution in [2.75, 3.05) is 13.7 Å². The van der Waals surface area contributed by atoms with Crippen LogP contribution in [0, 0.1) is 0 Å². The van der Waals surface area contributed by atoms with Gasteiger partial charge in [0.25, 0.3) is 0 Å². The first-order chi connectivity index (χ1) is 6.27. The van der Waals surface area contributed by atoms with Gasteiger partial charge in [0.1, 0.15) is 0 Å². The van der Waals surface area contributed by atoms with Gasteiger partial charge in [-0.05, 0) is 18.9 Å². The van der Waals surface area contributed by atoms with Gasteiger partial charge in [0, 0.05) is 16.9 Å². The summed E-state index contributed by atoms with van der Waals surface area (Å²) in [5.74, 6) is -0.300. The maximum Gasteiger partial charge on any atom is 0.338 e. The van der Waals surface area contributed by atoms with Crippen LogP contribution in [-0.4, -0.2) is 24.8 Å². The van der Waals surface area contributed by atoms with E-state index in [1.165, 1.54) is 18.4 Å². The summed E-state index contributed by atoms with van der Waals surface area (Å²) >= 11 is 1.52. The molecule has 0 aliphatic rings. The molecule has 0 aliphatic heterocycles. The second-order valence-corrected chi connectivity index (χ2v) is 3.62. The fraction of sp³-hybridized carbons (Fsp3) is 0.444. The van der Waals surface area contributed by atoms with Crippen molar-refractivity contribution in [3.8, 4) is 0 Å². The van der Waals surface area contributed by atoms with Crippen molar-refractivity contribution in [3.63, 3.8) is 0 Å². The Labute approximate surface area is 81.0 Å². The second-order valence-electron chi connectivity index (χ2n) is 2.62. The number of aliphatic hydroxyl groups is 1. The molecule has 0 saturated carbocycles. The zero-order valence-corrected chi connectivity index (χ0v) is 8.26. The summed E-state index contributed by atoms with van der Waals surface area (Å²) in [6.45, 7) is 0.186. The van der Waals surface area contributed by atoms with E-state index in [2.05, 4.69) is 4.74 Å². The van der Waals surface area contributed by atoms with Crippen LogP contribution in [0.4, 0.5) is 0 Å². The van der Waals surface area contributed by atoms with Crippen LogP contribution in [0.3, 0.4) is 0 Å². The van der Waals surface area contributed by atoms with E-state index in [9.17, 15) is 4.79 Å². The summed E-state index contributed by atoms with van der Waals surface area (Å²) in [6.07, 6.45) is 1.55. The van der Waals surface area contributed by atoms with E-state index in [4.69, 9.17) is 5.11 Å². The van der Waals surface area contributed by atoms with Crippen molar-refractivity contribution in [1.29, 1.82) is 0 Å². The van der Waals surface area contributed by atoms with Gasteiger partial charge in [0.15, 0.2) is 0 Å². The van der Waals surface area contributed by atoms with Gasteiger partial charge in [0.2, 0.25) is 0 Å². The molecule has 0 aromatic carbocycles. The third-order valence-corrected chi connectivity index (χ3v) is 2.65. The quantitative estimate of drug-likeness (QED) is 0.748. The van der Waals surface area contributed by atoms with Crippen molar-refractivity contribution in [3.05, 3.63) is 21.9 Å². The number of aliphatic hydroxyl groups excluding tert-OH is 1. The van der Waals surface area contributed by atoms with E-state index in [-0.39, 0.29) is 12.6 Å². The summed E-state index contributed by atoms with van der Waals surface area (Å²) in [7, 11) is 1.37. The maximum atomic E-state index is 11.0. The Kier molecular flexibility index (Phi) is 3.92. The van der Waals surface area contributed by atoms with Gasteiger partial charge in [-0.15, -0.1) is 11.3 Å². The Hall–Kier alpha value is -0.870. The van der Waals surface area contributed by atoms with Gasteiger partial charge in [-0.3, -0.25) is 0 Å². The number of ether oxygens (including phenoxy) is 1. The monoisotopic (exact) mass is 200 g/mol. The van der Waals surface area contributed by atoms with Gasteiger partial charge >= 0.3 is 5.97 Å². The minimum atomic E-state index is -0.300. The predicted octanol–water partition coefficient (Wildman–Crippen LogP) is 1.46. The van der Waals surface area contributed by atoms with E-state index in [0.717, 1.165) is 17.7 Å². The fourth-order valence-electron chi connectivity index (χ4n) is 0.990. The molecule has 0 radical (unpaired) electrons. The molecule has 1 aromatic heterocycles. The number of rotatable bonds is 4. The topological polar surface area (TPSA) is 46.5 Å². The molecule has 0 atom stereocenters. The highest BCUT2D eigenvalue weighted by Crippen LogP contribution is 2.16. The fourth-order valence-corrected chi connectivity index (χ4v) is 1.89. The molecule has 0 amide bonds. The molecule has 1 aromatic rings. The highest BCUT2D eigenvalue weighted by Gasteiger charge is 2.07. The number of hydrogen-bond acceptors (Lipinski definition) is 4. The van der Waals surface area contributed by atoms with Crippen molar-refractivity contribution < 1.29 is 14.6 Å². The molecule has 0 fully saturated rings. The van der Waals surface area contributed by atoms with E-state index in [0.29, 0.717) is 5.56 Å². The van der Waals surface area contributed by atoms with E-state index in [1.807, 2.05) is 6.07 Å². The number of carbonyl (C=O) groups is 1. The molecule has 0 bridgehead atoms. The molecule has 0 aliphatic carbocycles. The molecule has 0 saturated heterocycles. The Balaban J connectivity index is 2.58. The molecule has 1 N–H and O–H groups in total. The Bertz CT molecular complexity index is 280. The first-order valence-corrected chi connectivity index (χ1v) is 4.92. The lowest BCUT2D eigenvalue weighted by molar-refractivity contribution is 0.0601. The zero-order valence-electron chi connectivity index (χ0n) is 7.45. The largest absolute Gasteiger partial charge is 0.465 e. The summed E-state index contributed by atoms with van der Waals surface area (Å²) in [4.78, 5) is 12.1. The van der Waals surface area contributed by atoms with Crippen molar-refractivity contribution in [2.45, 2.75) is 12.8 Å². The summed E-state index contributed by atoms with van der Waals surface area (Å²) in [6, 6.07) is 1.81. The molecule has 1 heterocycles. The van der Waals surface area contributed by atoms with Gasteiger partial charge in [-0.25, -0.2) is 4.79 Å². The smallest absolute Gasteiger partial charge is 0.338 e. The second kappa shape index (κ2) is 4.99. The number of hydrogen-bond donors (Lipinski definition) is 1. The standard InChI is InChI=1S/C9H12O3S/c1-12-9(11)7-5-8(13-6-7)3-2-4-10/h5-6,10H,2-4H2,1H3. The first kappa shape index (κ1) is 10.2. The van der Waals surface area contributed by atoms with E-state index < -0.39 is 0 Å². The first-order valence-electron chi connectivity index (χ1n) is 4.04. The highest BCUT2D eigenvalue weighted by molar-refractivity contribution is 7.10. The SMILES string of the molecule is COC(=O)c1csc(CCCO)c1. The van der Waals surface area contributed by atoms with Gasteiger partial charge < -0.3 is 9.84 Å². The van der Waals surface area contributed by atoms with Crippen LogP contribution >= 0.6 is 11.3 Å². The third kappa shape index (κ3) is 2.82. The van der Waals surface area contributed by atoms with E-state index >= 15 is 0 Å². The third-order valence-electron chi connectivity index (χ3n) is 1.66. The van der Waals surface area contributed by atoms with Crippen molar-refractivity contribution in [2.24, 2.45) is 0 Å². The molecule has 72 valence electrons. The van der Waals surface area contributed by atoms with Gasteiger partial charge in [-0.2, -0.15) is 0 Å². The average molecular weight is 200 g/mol. The molecular weight excluding hydrogens is 188 g/mol. The molecule has 0 unspecified atom stereocenters. The maximum absolute atomic E-state index is 11.0. The van der Waals surface area contributed by atoms with Gasteiger partial charge in [-0.1, -0.05) is 0 Å². The molecular formula is C9H12O3S. The van der Waals surface area contributed by atoms with Gasteiger partial charge in [0.05, 0.1) is 12.7 Å². The number of carbonyl (C=O) groups excluding carboxylic acids is 1. The lowest BCUT2D eigenvalue weighted by Crippen LogP contribution is -1.98. The lowest BCUT2D eigenvalue weighted by Gasteiger charge is -1.93.